The molecule has 0 amide bonds. The number of hydrogen-bond acceptors (Lipinski definition) is 3. The van der Waals surface area contributed by atoms with Gasteiger partial charge in [0.05, 0.1) is 12.1 Å². The Hall–Kier alpha value is -2.26. The van der Waals surface area contributed by atoms with E-state index in [1.54, 1.807) is 0 Å². The SMILES string of the molecule is CN(c1cc2ccccc2o1)C1CCCNC1c1ccccc1. The summed E-state index contributed by atoms with van der Waals surface area (Å²) >= 11 is 0. The van der Waals surface area contributed by atoms with Crippen LogP contribution in [0.15, 0.2) is 65.1 Å². The van der Waals surface area contributed by atoms with Crippen LogP contribution in [0.3, 0.4) is 0 Å². The van der Waals surface area contributed by atoms with E-state index in [-0.39, 0.29) is 0 Å². The summed E-state index contributed by atoms with van der Waals surface area (Å²) in [7, 11) is 2.14. The van der Waals surface area contributed by atoms with Crippen LogP contribution in [-0.4, -0.2) is 19.6 Å². The molecular formula is C20H22N2O. The van der Waals surface area contributed by atoms with Crippen molar-refractivity contribution in [3.63, 3.8) is 0 Å². The van der Waals surface area contributed by atoms with Crippen molar-refractivity contribution >= 4 is 16.9 Å². The predicted molar refractivity (Wildman–Crippen MR) is 94.8 cm³/mol. The van der Waals surface area contributed by atoms with E-state index in [4.69, 9.17) is 4.42 Å². The van der Waals surface area contributed by atoms with Crippen molar-refractivity contribution in [1.82, 2.24) is 5.32 Å². The second-order valence-electron chi connectivity index (χ2n) is 6.29. The monoisotopic (exact) mass is 306 g/mol. The zero-order valence-corrected chi connectivity index (χ0v) is 13.4. The maximum absolute atomic E-state index is 6.07. The number of benzene rings is 2. The lowest BCUT2D eigenvalue weighted by atomic mass is 9.91. The van der Waals surface area contributed by atoms with E-state index in [2.05, 4.69) is 65.8 Å². The molecule has 4 rings (SSSR count). The minimum Gasteiger partial charge on any atom is -0.441 e. The second-order valence-corrected chi connectivity index (χ2v) is 6.29. The quantitative estimate of drug-likeness (QED) is 0.779. The van der Waals surface area contributed by atoms with Gasteiger partial charge in [-0.25, -0.2) is 0 Å². The van der Waals surface area contributed by atoms with Crippen LogP contribution in [0.1, 0.15) is 24.4 Å². The average Bonchev–Trinajstić information content (AvgIpc) is 3.06. The first-order valence-corrected chi connectivity index (χ1v) is 8.33. The lowest BCUT2D eigenvalue weighted by molar-refractivity contribution is 0.340. The van der Waals surface area contributed by atoms with Gasteiger partial charge in [0.15, 0.2) is 5.88 Å². The molecule has 0 aliphatic carbocycles. The predicted octanol–water partition coefficient (Wildman–Crippen LogP) is 4.36. The highest BCUT2D eigenvalue weighted by Gasteiger charge is 2.30. The van der Waals surface area contributed by atoms with Crippen molar-refractivity contribution in [2.75, 3.05) is 18.5 Å². The Kier molecular flexibility index (Phi) is 3.80. The molecule has 2 atom stereocenters. The molecule has 3 heteroatoms. The molecular weight excluding hydrogens is 284 g/mol. The van der Waals surface area contributed by atoms with Gasteiger partial charge in [0.1, 0.15) is 5.58 Å². The largest absolute Gasteiger partial charge is 0.441 e. The summed E-state index contributed by atoms with van der Waals surface area (Å²) in [6, 6.07) is 21.8. The second kappa shape index (κ2) is 6.09. The number of likely N-dealkylation sites (N-methyl/N-ethyl adjacent to an activating group) is 1. The molecule has 1 N–H and O–H groups in total. The van der Waals surface area contributed by atoms with Crippen molar-refractivity contribution in [3.05, 3.63) is 66.2 Å². The highest BCUT2D eigenvalue weighted by molar-refractivity contribution is 5.80. The lowest BCUT2D eigenvalue weighted by Crippen LogP contribution is -2.46. The third kappa shape index (κ3) is 2.73. The number of anilines is 1. The molecule has 3 aromatic rings. The number of piperidine rings is 1. The third-order valence-corrected chi connectivity index (χ3v) is 4.84. The number of nitrogens with zero attached hydrogens (tertiary/aromatic N) is 1. The van der Waals surface area contributed by atoms with Crippen LogP contribution in [0.5, 0.6) is 0 Å². The summed E-state index contributed by atoms with van der Waals surface area (Å²) in [5, 5.41) is 4.85. The van der Waals surface area contributed by atoms with Crippen molar-refractivity contribution in [2.45, 2.75) is 24.9 Å². The maximum Gasteiger partial charge on any atom is 0.196 e. The molecule has 1 saturated heterocycles. The van der Waals surface area contributed by atoms with Crippen LogP contribution in [-0.2, 0) is 0 Å². The molecule has 1 aliphatic rings. The molecule has 0 bridgehead atoms. The number of nitrogens with one attached hydrogen (secondary N) is 1. The number of furan rings is 1. The summed E-state index contributed by atoms with van der Waals surface area (Å²) in [6.07, 6.45) is 2.36. The molecule has 0 saturated carbocycles. The number of rotatable bonds is 3. The lowest BCUT2D eigenvalue weighted by Gasteiger charge is -2.38. The average molecular weight is 306 g/mol. The summed E-state index contributed by atoms with van der Waals surface area (Å²) in [5.74, 6) is 0.945. The van der Waals surface area contributed by atoms with Crippen LogP contribution in [0.2, 0.25) is 0 Å². The van der Waals surface area contributed by atoms with Gasteiger partial charge in [0.2, 0.25) is 0 Å². The number of fused-ring (bicyclic) bond motifs is 1. The molecule has 0 radical (unpaired) electrons. The highest BCUT2D eigenvalue weighted by atomic mass is 16.4. The maximum atomic E-state index is 6.07. The van der Waals surface area contributed by atoms with Crippen molar-refractivity contribution in [3.8, 4) is 0 Å². The minimum absolute atomic E-state index is 0.336. The molecule has 2 heterocycles. The van der Waals surface area contributed by atoms with E-state index < -0.39 is 0 Å². The fourth-order valence-corrected chi connectivity index (χ4v) is 3.59. The summed E-state index contributed by atoms with van der Waals surface area (Å²) in [4.78, 5) is 2.30. The molecule has 2 unspecified atom stereocenters. The minimum atomic E-state index is 0.336. The summed E-state index contributed by atoms with van der Waals surface area (Å²) < 4.78 is 6.07. The van der Waals surface area contributed by atoms with Crippen LogP contribution in [0.4, 0.5) is 5.88 Å². The van der Waals surface area contributed by atoms with E-state index in [0.717, 1.165) is 23.4 Å². The van der Waals surface area contributed by atoms with Crippen LogP contribution in [0, 0.1) is 0 Å². The van der Waals surface area contributed by atoms with Gasteiger partial charge >= 0.3 is 0 Å². The first-order chi connectivity index (χ1) is 11.3. The van der Waals surface area contributed by atoms with Gasteiger partial charge in [0, 0.05) is 18.5 Å². The Morgan fingerprint density at radius 2 is 1.83 bits per heavy atom. The van der Waals surface area contributed by atoms with Gasteiger partial charge in [-0.3, -0.25) is 0 Å². The standard InChI is InChI=1S/C20H22N2O/c1-22(19-14-16-10-5-6-12-18(16)23-19)17-11-7-13-21-20(17)15-8-3-2-4-9-15/h2-6,8-10,12,14,17,20-21H,7,11,13H2,1H3. The number of para-hydroxylation sites is 1. The van der Waals surface area contributed by atoms with Crippen LogP contribution >= 0.6 is 0 Å². The van der Waals surface area contributed by atoms with E-state index >= 15 is 0 Å². The van der Waals surface area contributed by atoms with E-state index in [0.29, 0.717) is 12.1 Å². The first kappa shape index (κ1) is 14.3. The van der Waals surface area contributed by atoms with Crippen LogP contribution < -0.4 is 10.2 Å². The van der Waals surface area contributed by atoms with E-state index in [1.165, 1.54) is 18.4 Å². The van der Waals surface area contributed by atoms with Gasteiger partial charge in [-0.1, -0.05) is 48.5 Å². The van der Waals surface area contributed by atoms with E-state index in [9.17, 15) is 0 Å². The van der Waals surface area contributed by atoms with Crippen molar-refractivity contribution < 1.29 is 4.42 Å². The normalized spacial score (nSPS) is 21.4. The Bertz CT molecular complexity index is 747. The van der Waals surface area contributed by atoms with Crippen molar-refractivity contribution in [2.24, 2.45) is 0 Å². The molecule has 1 aliphatic heterocycles. The molecule has 1 aromatic heterocycles. The highest BCUT2D eigenvalue weighted by Crippen LogP contribution is 2.33. The van der Waals surface area contributed by atoms with Gasteiger partial charge in [-0.05, 0) is 31.0 Å². The molecule has 2 aromatic carbocycles. The van der Waals surface area contributed by atoms with Crippen LogP contribution in [0.25, 0.3) is 11.0 Å². The summed E-state index contributed by atoms with van der Waals surface area (Å²) in [6.45, 7) is 1.07. The Balaban J connectivity index is 1.66. The molecule has 0 spiro atoms. The van der Waals surface area contributed by atoms with Gasteiger partial charge in [-0.2, -0.15) is 0 Å². The van der Waals surface area contributed by atoms with Gasteiger partial charge in [0.25, 0.3) is 0 Å². The fraction of sp³-hybridized carbons (Fsp3) is 0.300. The smallest absolute Gasteiger partial charge is 0.196 e. The van der Waals surface area contributed by atoms with Gasteiger partial charge in [-0.15, -0.1) is 0 Å². The molecule has 23 heavy (non-hydrogen) atoms. The molecule has 3 nitrogen and oxygen atoms in total. The summed E-state index contributed by atoms with van der Waals surface area (Å²) in [5.41, 5.74) is 2.30. The van der Waals surface area contributed by atoms with Crippen molar-refractivity contribution in [1.29, 1.82) is 0 Å². The molecule has 118 valence electrons. The van der Waals surface area contributed by atoms with Gasteiger partial charge < -0.3 is 14.6 Å². The first-order valence-electron chi connectivity index (χ1n) is 8.33. The zero-order chi connectivity index (χ0) is 15.6. The van der Waals surface area contributed by atoms with E-state index in [1.807, 2.05) is 12.1 Å². The molecule has 1 fully saturated rings. The Morgan fingerprint density at radius 3 is 2.65 bits per heavy atom. The Labute approximate surface area is 136 Å². The third-order valence-electron chi connectivity index (χ3n) is 4.84. The number of hydrogen-bond donors (Lipinski definition) is 1. The zero-order valence-electron chi connectivity index (χ0n) is 13.4. The Morgan fingerprint density at radius 1 is 1.04 bits per heavy atom. The fourth-order valence-electron chi connectivity index (χ4n) is 3.59. The topological polar surface area (TPSA) is 28.4 Å².